The van der Waals surface area contributed by atoms with E-state index in [1.807, 2.05) is 60.7 Å². The lowest BCUT2D eigenvalue weighted by atomic mass is 9.92. The Morgan fingerprint density at radius 2 is 1.50 bits per heavy atom. The Kier molecular flexibility index (Phi) is 4.10. The summed E-state index contributed by atoms with van der Waals surface area (Å²) in [5.74, 6) is -0.461. The normalized spacial score (nSPS) is 16.7. The van der Waals surface area contributed by atoms with Crippen molar-refractivity contribution in [2.45, 2.75) is 6.54 Å². The number of nitrogens with zero attached hydrogens (tertiary/aromatic N) is 2. The quantitative estimate of drug-likeness (QED) is 0.661. The summed E-state index contributed by atoms with van der Waals surface area (Å²) in [7, 11) is 0. The van der Waals surface area contributed by atoms with Gasteiger partial charge in [0.2, 0.25) is 0 Å². The van der Waals surface area contributed by atoms with Crippen LogP contribution in [0.1, 0.15) is 26.3 Å². The molecule has 0 radical (unpaired) electrons. The highest BCUT2D eigenvalue weighted by atomic mass is 16.5. The van der Waals surface area contributed by atoms with E-state index in [-0.39, 0.29) is 18.4 Å². The molecule has 1 fully saturated rings. The largest absolute Gasteiger partial charge is 0.378 e. The Hall–Kier alpha value is -3.18. The van der Waals surface area contributed by atoms with Crippen LogP contribution >= 0.6 is 0 Å². The molecule has 0 N–H and O–H groups in total. The van der Waals surface area contributed by atoms with Crippen molar-refractivity contribution in [3.63, 3.8) is 0 Å². The van der Waals surface area contributed by atoms with Crippen molar-refractivity contribution in [1.29, 1.82) is 0 Å². The van der Waals surface area contributed by atoms with Crippen molar-refractivity contribution < 1.29 is 14.3 Å². The molecular formula is C23H20N2O3. The lowest BCUT2D eigenvalue weighted by Crippen LogP contribution is -2.40. The van der Waals surface area contributed by atoms with Crippen LogP contribution in [0.15, 0.2) is 60.7 Å². The molecule has 0 spiro atoms. The molecule has 2 heterocycles. The number of rotatable bonds is 3. The van der Waals surface area contributed by atoms with Crippen LogP contribution in [0.4, 0.5) is 5.69 Å². The maximum absolute atomic E-state index is 13.2. The summed E-state index contributed by atoms with van der Waals surface area (Å²) in [5.41, 5.74) is 3.18. The molecule has 28 heavy (non-hydrogen) atoms. The second-order valence-electron chi connectivity index (χ2n) is 7.14. The monoisotopic (exact) mass is 372 g/mol. The second kappa shape index (κ2) is 6.77. The first-order valence-electron chi connectivity index (χ1n) is 9.52. The highest BCUT2D eigenvalue weighted by Gasteiger charge is 2.33. The summed E-state index contributed by atoms with van der Waals surface area (Å²) in [4.78, 5) is 30.0. The minimum atomic E-state index is -0.230. The molecule has 0 saturated carbocycles. The van der Waals surface area contributed by atoms with Crippen LogP contribution in [0.5, 0.6) is 0 Å². The molecule has 2 aliphatic heterocycles. The van der Waals surface area contributed by atoms with Crippen LogP contribution in [0.25, 0.3) is 10.8 Å². The van der Waals surface area contributed by atoms with Gasteiger partial charge < -0.3 is 9.64 Å². The first-order chi connectivity index (χ1) is 13.7. The van der Waals surface area contributed by atoms with E-state index in [0.717, 1.165) is 35.1 Å². The summed E-state index contributed by atoms with van der Waals surface area (Å²) >= 11 is 0. The van der Waals surface area contributed by atoms with Gasteiger partial charge in [-0.3, -0.25) is 14.5 Å². The Morgan fingerprint density at radius 3 is 2.25 bits per heavy atom. The van der Waals surface area contributed by atoms with Crippen molar-refractivity contribution in [3.05, 3.63) is 77.4 Å². The zero-order valence-corrected chi connectivity index (χ0v) is 15.4. The summed E-state index contributed by atoms with van der Waals surface area (Å²) < 4.78 is 5.46. The predicted molar refractivity (Wildman–Crippen MR) is 108 cm³/mol. The summed E-state index contributed by atoms with van der Waals surface area (Å²) in [6.07, 6.45) is 0. The van der Waals surface area contributed by atoms with Gasteiger partial charge in [0, 0.05) is 40.7 Å². The number of carbonyl (C=O) groups is 2. The molecule has 140 valence electrons. The molecule has 0 atom stereocenters. The van der Waals surface area contributed by atoms with Gasteiger partial charge in [0.05, 0.1) is 19.8 Å². The summed E-state index contributed by atoms with van der Waals surface area (Å²) in [5, 5.41) is 1.73. The van der Waals surface area contributed by atoms with Crippen LogP contribution in [0.2, 0.25) is 0 Å². The molecule has 0 unspecified atom stereocenters. The first-order valence-corrected chi connectivity index (χ1v) is 9.52. The van der Waals surface area contributed by atoms with E-state index in [2.05, 4.69) is 4.90 Å². The van der Waals surface area contributed by atoms with Gasteiger partial charge in [0.15, 0.2) is 0 Å². The third-order valence-electron chi connectivity index (χ3n) is 5.50. The van der Waals surface area contributed by atoms with Gasteiger partial charge in [-0.25, -0.2) is 0 Å². The molecule has 0 bridgehead atoms. The molecule has 0 aliphatic carbocycles. The number of carbonyl (C=O) groups excluding carboxylic acids is 2. The van der Waals surface area contributed by atoms with Crippen LogP contribution in [0.3, 0.4) is 0 Å². The molecule has 2 amide bonds. The molecule has 5 heteroatoms. The first kappa shape index (κ1) is 17.0. The number of hydrogen-bond acceptors (Lipinski definition) is 4. The third kappa shape index (κ3) is 2.67. The van der Waals surface area contributed by atoms with Crippen molar-refractivity contribution in [3.8, 4) is 0 Å². The standard InChI is InChI=1S/C23H20N2O3/c26-22-18-8-4-7-17-20(24-11-13-28-14-12-24)10-9-19(21(17)18)23(27)25(22)15-16-5-2-1-3-6-16/h1-10H,11-15H2. The van der Waals surface area contributed by atoms with E-state index in [1.165, 1.54) is 4.90 Å². The SMILES string of the molecule is O=C1c2cccc3c(N4CCOCC4)ccc(c23)C(=O)N1Cc1ccccc1. The lowest BCUT2D eigenvalue weighted by molar-refractivity contribution is 0.0598. The van der Waals surface area contributed by atoms with Crippen LogP contribution in [0, 0.1) is 0 Å². The number of amides is 2. The highest BCUT2D eigenvalue weighted by Crippen LogP contribution is 2.36. The van der Waals surface area contributed by atoms with Crippen molar-refractivity contribution in [1.82, 2.24) is 4.90 Å². The molecule has 3 aromatic rings. The van der Waals surface area contributed by atoms with Gasteiger partial charge in [0.1, 0.15) is 0 Å². The molecule has 5 rings (SSSR count). The Morgan fingerprint density at radius 1 is 0.786 bits per heavy atom. The van der Waals surface area contributed by atoms with E-state index >= 15 is 0 Å². The molecule has 0 aromatic heterocycles. The fourth-order valence-electron chi connectivity index (χ4n) is 4.12. The van der Waals surface area contributed by atoms with Crippen LogP contribution in [-0.4, -0.2) is 43.0 Å². The van der Waals surface area contributed by atoms with E-state index in [1.54, 1.807) is 0 Å². The molecule has 2 aliphatic rings. The van der Waals surface area contributed by atoms with E-state index < -0.39 is 0 Å². The van der Waals surface area contributed by atoms with Gasteiger partial charge in [-0.1, -0.05) is 42.5 Å². The zero-order chi connectivity index (χ0) is 19.1. The van der Waals surface area contributed by atoms with Gasteiger partial charge in [-0.2, -0.15) is 0 Å². The number of ether oxygens (including phenoxy) is 1. The van der Waals surface area contributed by atoms with Crippen LogP contribution in [-0.2, 0) is 11.3 Å². The molecule has 5 nitrogen and oxygen atoms in total. The number of morpholine rings is 1. The Labute approximate surface area is 163 Å². The van der Waals surface area contributed by atoms with Gasteiger partial charge in [0.25, 0.3) is 11.8 Å². The maximum atomic E-state index is 13.2. The molecule has 3 aromatic carbocycles. The van der Waals surface area contributed by atoms with E-state index in [4.69, 9.17) is 4.74 Å². The predicted octanol–water partition coefficient (Wildman–Crippen LogP) is 3.47. The lowest BCUT2D eigenvalue weighted by Gasteiger charge is -2.32. The van der Waals surface area contributed by atoms with Crippen LogP contribution < -0.4 is 4.90 Å². The topological polar surface area (TPSA) is 49.9 Å². The van der Waals surface area contributed by atoms with Gasteiger partial charge in [-0.05, 0) is 23.8 Å². The number of benzene rings is 3. The fourth-order valence-corrected chi connectivity index (χ4v) is 4.12. The maximum Gasteiger partial charge on any atom is 0.261 e. The number of anilines is 1. The Bertz CT molecular complexity index is 1050. The van der Waals surface area contributed by atoms with E-state index in [9.17, 15) is 9.59 Å². The van der Waals surface area contributed by atoms with E-state index in [0.29, 0.717) is 24.3 Å². The van der Waals surface area contributed by atoms with Crippen molar-refractivity contribution in [2.24, 2.45) is 0 Å². The van der Waals surface area contributed by atoms with Gasteiger partial charge in [-0.15, -0.1) is 0 Å². The summed E-state index contributed by atoms with van der Waals surface area (Å²) in [6, 6.07) is 19.2. The minimum Gasteiger partial charge on any atom is -0.378 e. The highest BCUT2D eigenvalue weighted by molar-refractivity contribution is 6.26. The smallest absolute Gasteiger partial charge is 0.261 e. The van der Waals surface area contributed by atoms with Crippen molar-refractivity contribution in [2.75, 3.05) is 31.2 Å². The molecule has 1 saturated heterocycles. The minimum absolute atomic E-state index is 0.230. The molecular weight excluding hydrogens is 352 g/mol. The van der Waals surface area contributed by atoms with Crippen molar-refractivity contribution >= 4 is 28.3 Å². The fraction of sp³-hybridized carbons (Fsp3) is 0.217. The summed E-state index contributed by atoms with van der Waals surface area (Å²) in [6.45, 7) is 3.26. The zero-order valence-electron chi connectivity index (χ0n) is 15.4. The average Bonchev–Trinajstić information content (AvgIpc) is 2.76. The average molecular weight is 372 g/mol. The second-order valence-corrected chi connectivity index (χ2v) is 7.14. The Balaban J connectivity index is 1.61. The third-order valence-corrected chi connectivity index (χ3v) is 5.50. The number of hydrogen-bond donors (Lipinski definition) is 0. The number of imide groups is 1. The van der Waals surface area contributed by atoms with Gasteiger partial charge >= 0.3 is 0 Å².